The van der Waals surface area contributed by atoms with Gasteiger partial charge in [0.1, 0.15) is 5.25 Å². The Hall–Kier alpha value is -3.54. The molecule has 0 spiro atoms. The van der Waals surface area contributed by atoms with Crippen LogP contribution in [0.3, 0.4) is 0 Å². The van der Waals surface area contributed by atoms with Crippen LogP contribution < -0.4 is 10.6 Å². The normalized spacial score (nSPS) is 11.7. The zero-order valence-electron chi connectivity index (χ0n) is 20.1. The first-order valence-electron chi connectivity index (χ1n) is 11.7. The monoisotopic (exact) mass is 514 g/mol. The first kappa shape index (κ1) is 25.5. The van der Waals surface area contributed by atoms with Gasteiger partial charge in [0.25, 0.3) is 5.91 Å². The predicted molar refractivity (Wildman–Crippen MR) is 150 cm³/mol. The second kappa shape index (κ2) is 11.9. The van der Waals surface area contributed by atoms with Gasteiger partial charge < -0.3 is 10.6 Å². The van der Waals surface area contributed by atoms with Crippen molar-refractivity contribution in [1.29, 1.82) is 0 Å². The van der Waals surface area contributed by atoms with Crippen LogP contribution in [0.1, 0.15) is 46.5 Å². The number of hydrogen-bond acceptors (Lipinski definition) is 3. The van der Waals surface area contributed by atoms with Crippen molar-refractivity contribution in [3.8, 4) is 0 Å². The maximum absolute atomic E-state index is 13.4. The van der Waals surface area contributed by atoms with Gasteiger partial charge in [0, 0.05) is 26.9 Å². The highest BCUT2D eigenvalue weighted by Crippen LogP contribution is 2.37. The van der Waals surface area contributed by atoms with Crippen molar-refractivity contribution in [2.45, 2.75) is 29.9 Å². The van der Waals surface area contributed by atoms with E-state index in [2.05, 4.69) is 24.5 Å². The molecule has 0 aliphatic rings. The van der Waals surface area contributed by atoms with E-state index in [1.165, 1.54) is 17.3 Å². The Labute approximate surface area is 221 Å². The summed E-state index contributed by atoms with van der Waals surface area (Å²) >= 11 is 7.45. The number of anilines is 2. The van der Waals surface area contributed by atoms with Crippen molar-refractivity contribution in [2.75, 3.05) is 10.6 Å². The molecule has 4 nitrogen and oxygen atoms in total. The molecule has 0 heterocycles. The van der Waals surface area contributed by atoms with Crippen LogP contribution in [0, 0.1) is 0 Å². The van der Waals surface area contributed by atoms with E-state index in [0.29, 0.717) is 22.2 Å². The second-order valence-corrected chi connectivity index (χ2v) is 10.3. The molecule has 0 fully saturated rings. The maximum Gasteiger partial charge on any atom is 0.255 e. The lowest BCUT2D eigenvalue weighted by Gasteiger charge is -2.18. The van der Waals surface area contributed by atoms with Gasteiger partial charge in [-0.15, -0.1) is 11.8 Å². The third-order valence-corrected chi connectivity index (χ3v) is 7.10. The van der Waals surface area contributed by atoms with Gasteiger partial charge in [0.05, 0.1) is 0 Å². The summed E-state index contributed by atoms with van der Waals surface area (Å²) in [4.78, 5) is 26.9. The van der Waals surface area contributed by atoms with E-state index >= 15 is 0 Å². The van der Waals surface area contributed by atoms with Gasteiger partial charge in [-0.25, -0.2) is 0 Å². The zero-order chi connectivity index (χ0) is 25.5. The lowest BCUT2D eigenvalue weighted by molar-refractivity contribution is -0.115. The molecule has 2 amide bonds. The minimum Gasteiger partial charge on any atom is -0.325 e. The number of carbonyl (C=O) groups is 2. The minimum atomic E-state index is -0.477. The van der Waals surface area contributed by atoms with Gasteiger partial charge in [-0.3, -0.25) is 9.59 Å². The van der Waals surface area contributed by atoms with E-state index < -0.39 is 5.25 Å². The maximum atomic E-state index is 13.4. The van der Waals surface area contributed by atoms with E-state index in [0.717, 1.165) is 16.1 Å². The summed E-state index contributed by atoms with van der Waals surface area (Å²) in [5.74, 6) is 0.0627. The fourth-order valence-corrected chi connectivity index (χ4v) is 4.95. The number of carbonyl (C=O) groups excluding carboxylic acids is 2. The van der Waals surface area contributed by atoms with Crippen molar-refractivity contribution in [2.24, 2.45) is 0 Å². The average Bonchev–Trinajstić information content (AvgIpc) is 2.88. The fourth-order valence-electron chi connectivity index (χ4n) is 3.68. The largest absolute Gasteiger partial charge is 0.325 e. The van der Waals surface area contributed by atoms with Crippen LogP contribution in [0.2, 0.25) is 5.02 Å². The summed E-state index contributed by atoms with van der Waals surface area (Å²) in [6.07, 6.45) is 0. The van der Waals surface area contributed by atoms with E-state index in [9.17, 15) is 9.59 Å². The van der Waals surface area contributed by atoms with Gasteiger partial charge in [0.2, 0.25) is 5.91 Å². The Bertz CT molecular complexity index is 1340. The predicted octanol–water partition coefficient (Wildman–Crippen LogP) is 8.19. The van der Waals surface area contributed by atoms with Gasteiger partial charge in [-0.1, -0.05) is 80.0 Å². The van der Waals surface area contributed by atoms with Crippen molar-refractivity contribution < 1.29 is 9.59 Å². The van der Waals surface area contributed by atoms with Gasteiger partial charge in [-0.05, 0) is 65.6 Å². The van der Waals surface area contributed by atoms with Crippen molar-refractivity contribution in [3.63, 3.8) is 0 Å². The van der Waals surface area contributed by atoms with E-state index in [1.54, 1.807) is 24.3 Å². The number of hydrogen-bond donors (Lipinski definition) is 2. The Morgan fingerprint density at radius 2 is 1.44 bits per heavy atom. The smallest absolute Gasteiger partial charge is 0.255 e. The molecule has 4 rings (SSSR count). The SMILES string of the molecule is CC(C)c1ccc(NC(=O)C(Sc2cccc(NC(=O)c3cccc(Cl)c3)c2)c2ccccc2)cc1. The third kappa shape index (κ3) is 6.78. The summed E-state index contributed by atoms with van der Waals surface area (Å²) in [5, 5.41) is 5.99. The number of thioether (sulfide) groups is 1. The number of halogens is 1. The lowest BCUT2D eigenvalue weighted by atomic mass is 10.0. The Balaban J connectivity index is 1.52. The Morgan fingerprint density at radius 1 is 0.722 bits per heavy atom. The van der Waals surface area contributed by atoms with Crippen molar-refractivity contribution in [3.05, 3.63) is 125 Å². The third-order valence-electron chi connectivity index (χ3n) is 5.62. The average molecular weight is 515 g/mol. The van der Waals surface area contributed by atoms with Crippen LogP contribution in [-0.4, -0.2) is 11.8 Å². The van der Waals surface area contributed by atoms with Crippen molar-refractivity contribution in [1.82, 2.24) is 0 Å². The molecule has 0 aliphatic carbocycles. The van der Waals surface area contributed by atoms with Crippen LogP contribution in [0.15, 0.2) is 108 Å². The highest BCUT2D eigenvalue weighted by atomic mass is 35.5. The summed E-state index contributed by atoms with van der Waals surface area (Å²) in [5.41, 5.74) is 3.99. The second-order valence-electron chi connectivity index (χ2n) is 8.67. The van der Waals surface area contributed by atoms with Gasteiger partial charge in [0.15, 0.2) is 0 Å². The zero-order valence-corrected chi connectivity index (χ0v) is 21.6. The van der Waals surface area contributed by atoms with Crippen LogP contribution in [0.5, 0.6) is 0 Å². The summed E-state index contributed by atoms with van der Waals surface area (Å²) < 4.78 is 0. The van der Waals surface area contributed by atoms with Crippen LogP contribution in [0.4, 0.5) is 11.4 Å². The van der Waals surface area contributed by atoms with Crippen LogP contribution in [-0.2, 0) is 4.79 Å². The van der Waals surface area contributed by atoms with Gasteiger partial charge >= 0.3 is 0 Å². The minimum absolute atomic E-state index is 0.114. The van der Waals surface area contributed by atoms with Crippen LogP contribution >= 0.6 is 23.4 Å². The highest BCUT2D eigenvalue weighted by molar-refractivity contribution is 8.00. The first-order chi connectivity index (χ1) is 17.4. The molecule has 0 saturated carbocycles. The topological polar surface area (TPSA) is 58.2 Å². The van der Waals surface area contributed by atoms with Gasteiger partial charge in [-0.2, -0.15) is 0 Å². The molecule has 1 unspecified atom stereocenters. The Kier molecular flexibility index (Phi) is 8.47. The summed E-state index contributed by atoms with van der Waals surface area (Å²) in [6.45, 7) is 4.28. The molecule has 182 valence electrons. The molecule has 0 aromatic heterocycles. The number of rotatable bonds is 8. The number of benzene rings is 4. The summed E-state index contributed by atoms with van der Waals surface area (Å²) in [7, 11) is 0. The van der Waals surface area contributed by atoms with E-state index in [-0.39, 0.29) is 11.8 Å². The van der Waals surface area contributed by atoms with Crippen LogP contribution in [0.25, 0.3) is 0 Å². The molecule has 36 heavy (non-hydrogen) atoms. The standard InChI is InChI=1S/C30H27ClN2O2S/c1-20(2)21-14-16-25(17-15-21)32-30(35)28(22-8-4-3-5-9-22)36-27-13-7-12-26(19-27)33-29(34)23-10-6-11-24(31)18-23/h3-20,28H,1-2H3,(H,32,35)(H,33,34). The Morgan fingerprint density at radius 3 is 2.14 bits per heavy atom. The van der Waals surface area contributed by atoms with E-state index in [1.807, 2.05) is 78.9 Å². The molecule has 4 aromatic rings. The summed E-state index contributed by atoms with van der Waals surface area (Å²) in [6, 6.07) is 31.9. The van der Waals surface area contributed by atoms with Crippen molar-refractivity contribution >= 4 is 46.6 Å². The molecule has 0 aliphatic heterocycles. The quantitative estimate of drug-likeness (QED) is 0.233. The number of nitrogens with one attached hydrogen (secondary N) is 2. The molecule has 6 heteroatoms. The molecule has 0 saturated heterocycles. The molecule has 0 radical (unpaired) electrons. The molecular weight excluding hydrogens is 488 g/mol. The highest BCUT2D eigenvalue weighted by Gasteiger charge is 2.22. The fraction of sp³-hybridized carbons (Fsp3) is 0.133. The van der Waals surface area contributed by atoms with E-state index in [4.69, 9.17) is 11.6 Å². The molecule has 0 bridgehead atoms. The lowest BCUT2D eigenvalue weighted by Crippen LogP contribution is -2.19. The number of amides is 2. The molecule has 4 aromatic carbocycles. The first-order valence-corrected chi connectivity index (χ1v) is 12.9. The molecular formula is C30H27ClN2O2S. The molecule has 2 N–H and O–H groups in total. The molecule has 1 atom stereocenters.